The number of pyridine rings is 1. The van der Waals surface area contributed by atoms with Gasteiger partial charge in [-0.15, -0.1) is 0 Å². The third-order valence-electron chi connectivity index (χ3n) is 6.01. The molecule has 1 saturated heterocycles. The van der Waals surface area contributed by atoms with E-state index in [1.807, 2.05) is 25.1 Å². The third kappa shape index (κ3) is 3.96. The molecule has 4 aromatic rings. The van der Waals surface area contributed by atoms with Crippen molar-refractivity contribution >= 4 is 28.0 Å². The summed E-state index contributed by atoms with van der Waals surface area (Å²) in [5, 5.41) is 0. The number of aromatic nitrogens is 5. The highest BCUT2D eigenvalue weighted by Gasteiger charge is 2.22. The molecular weight excluding hydrogens is 422 g/mol. The Balaban J connectivity index is 1.56. The van der Waals surface area contributed by atoms with Gasteiger partial charge in [0.25, 0.3) is 0 Å². The van der Waals surface area contributed by atoms with Crippen LogP contribution in [0.15, 0.2) is 18.2 Å². The standard InChI is InChI=1S/C23H29N7O3/c1-5-33-13-17-25-19-16(31-3)12-14(21(32-4)20(19)26-17)22-24-15-6-7-18(27-23(15)28-22)30-10-8-29(2)9-11-30/h6-7,12H,5,8-11,13H2,1-4H3,(H,25,26)(H,24,27,28). The van der Waals surface area contributed by atoms with Gasteiger partial charge >= 0.3 is 0 Å². The molecule has 0 atom stereocenters. The Morgan fingerprint density at radius 2 is 1.82 bits per heavy atom. The van der Waals surface area contributed by atoms with Crippen molar-refractivity contribution in [2.24, 2.45) is 0 Å². The molecule has 10 heteroatoms. The molecule has 2 N–H and O–H groups in total. The number of aromatic amines is 2. The van der Waals surface area contributed by atoms with Crippen LogP contribution in [0.1, 0.15) is 12.7 Å². The molecule has 4 heterocycles. The van der Waals surface area contributed by atoms with Crippen LogP contribution in [0.2, 0.25) is 0 Å². The lowest BCUT2D eigenvalue weighted by Gasteiger charge is -2.33. The largest absolute Gasteiger partial charge is 0.494 e. The van der Waals surface area contributed by atoms with Crippen LogP contribution < -0.4 is 14.4 Å². The number of H-pyrrole nitrogens is 2. The molecule has 0 amide bonds. The molecule has 0 bridgehead atoms. The van der Waals surface area contributed by atoms with E-state index in [4.69, 9.17) is 24.2 Å². The molecule has 3 aromatic heterocycles. The van der Waals surface area contributed by atoms with E-state index in [9.17, 15) is 0 Å². The van der Waals surface area contributed by atoms with Gasteiger partial charge in [0.15, 0.2) is 11.4 Å². The molecular formula is C23H29N7O3. The predicted octanol–water partition coefficient (Wildman–Crippen LogP) is 2.81. The SMILES string of the molecule is CCOCc1nc2c(OC)cc(-c3nc4nc(N5CCN(C)CC5)ccc4[nH]3)c(OC)c2[nH]1. The number of methoxy groups -OCH3 is 2. The summed E-state index contributed by atoms with van der Waals surface area (Å²) in [5.74, 6) is 3.59. The van der Waals surface area contributed by atoms with Crippen molar-refractivity contribution in [2.75, 3.05) is 59.0 Å². The van der Waals surface area contributed by atoms with Crippen molar-refractivity contribution in [1.29, 1.82) is 0 Å². The van der Waals surface area contributed by atoms with Gasteiger partial charge in [0.05, 0.1) is 25.3 Å². The van der Waals surface area contributed by atoms with Gasteiger partial charge in [0.1, 0.15) is 40.9 Å². The van der Waals surface area contributed by atoms with Gasteiger partial charge in [-0.2, -0.15) is 0 Å². The molecule has 33 heavy (non-hydrogen) atoms. The number of anilines is 1. The Hall–Kier alpha value is -3.37. The number of nitrogens with one attached hydrogen (secondary N) is 2. The van der Waals surface area contributed by atoms with Crippen LogP contribution in [0.4, 0.5) is 5.82 Å². The molecule has 174 valence electrons. The number of piperazine rings is 1. The topological polar surface area (TPSA) is 104 Å². The summed E-state index contributed by atoms with van der Waals surface area (Å²) >= 11 is 0. The summed E-state index contributed by atoms with van der Waals surface area (Å²) in [6.45, 7) is 6.91. The number of hydrogen-bond donors (Lipinski definition) is 2. The molecule has 5 rings (SSSR count). The van der Waals surface area contributed by atoms with Crippen LogP contribution in [-0.2, 0) is 11.3 Å². The lowest BCUT2D eigenvalue weighted by molar-refractivity contribution is 0.129. The third-order valence-corrected chi connectivity index (χ3v) is 6.01. The van der Waals surface area contributed by atoms with Gasteiger partial charge in [0.2, 0.25) is 0 Å². The number of fused-ring (bicyclic) bond motifs is 2. The maximum atomic E-state index is 5.79. The highest BCUT2D eigenvalue weighted by atomic mass is 16.5. The molecule has 1 aromatic carbocycles. The van der Waals surface area contributed by atoms with Crippen molar-refractivity contribution in [3.8, 4) is 22.9 Å². The fourth-order valence-electron chi connectivity index (χ4n) is 4.20. The van der Waals surface area contributed by atoms with E-state index >= 15 is 0 Å². The number of hydrogen-bond acceptors (Lipinski definition) is 8. The highest BCUT2D eigenvalue weighted by Crippen LogP contribution is 2.40. The first kappa shape index (κ1) is 21.5. The zero-order valence-corrected chi connectivity index (χ0v) is 19.4. The Bertz CT molecular complexity index is 1270. The second-order valence-corrected chi connectivity index (χ2v) is 8.12. The number of ether oxygens (including phenoxy) is 3. The molecule has 0 aliphatic carbocycles. The summed E-state index contributed by atoms with van der Waals surface area (Å²) in [6.07, 6.45) is 0. The van der Waals surface area contributed by atoms with Crippen molar-refractivity contribution in [1.82, 2.24) is 29.8 Å². The fraction of sp³-hybridized carbons (Fsp3) is 0.435. The minimum atomic E-state index is 0.385. The zero-order chi connectivity index (χ0) is 22.9. The second-order valence-electron chi connectivity index (χ2n) is 8.12. The van der Waals surface area contributed by atoms with Crippen molar-refractivity contribution in [2.45, 2.75) is 13.5 Å². The number of nitrogens with zero attached hydrogens (tertiary/aromatic N) is 5. The van der Waals surface area contributed by atoms with E-state index in [0.29, 0.717) is 47.5 Å². The van der Waals surface area contributed by atoms with Crippen molar-refractivity contribution in [3.63, 3.8) is 0 Å². The van der Waals surface area contributed by atoms with E-state index in [1.165, 1.54) is 0 Å². The van der Waals surface area contributed by atoms with Gasteiger partial charge in [-0.25, -0.2) is 15.0 Å². The zero-order valence-electron chi connectivity index (χ0n) is 19.4. The molecule has 0 unspecified atom stereocenters. The van der Waals surface area contributed by atoms with E-state index in [2.05, 4.69) is 31.8 Å². The molecule has 1 aliphatic heterocycles. The lowest BCUT2D eigenvalue weighted by Crippen LogP contribution is -2.44. The molecule has 0 radical (unpaired) electrons. The number of likely N-dealkylation sites (N-methyl/N-ethyl adjacent to an activating group) is 1. The smallest absolute Gasteiger partial charge is 0.180 e. The van der Waals surface area contributed by atoms with E-state index in [0.717, 1.165) is 48.6 Å². The van der Waals surface area contributed by atoms with Crippen LogP contribution in [0, 0.1) is 0 Å². The first-order valence-corrected chi connectivity index (χ1v) is 11.1. The van der Waals surface area contributed by atoms with Crippen LogP contribution >= 0.6 is 0 Å². The summed E-state index contributed by atoms with van der Waals surface area (Å²) < 4.78 is 16.9. The van der Waals surface area contributed by atoms with Crippen LogP contribution in [0.5, 0.6) is 11.5 Å². The van der Waals surface area contributed by atoms with Gasteiger partial charge in [-0.05, 0) is 32.2 Å². The summed E-state index contributed by atoms with van der Waals surface area (Å²) in [4.78, 5) is 25.6. The van der Waals surface area contributed by atoms with Gasteiger partial charge < -0.3 is 34.0 Å². The summed E-state index contributed by atoms with van der Waals surface area (Å²) in [7, 11) is 5.41. The molecule has 1 aliphatic rings. The van der Waals surface area contributed by atoms with Crippen LogP contribution in [-0.4, -0.2) is 83.9 Å². The normalized spacial score (nSPS) is 15.0. The Morgan fingerprint density at radius 1 is 1.00 bits per heavy atom. The van der Waals surface area contributed by atoms with Crippen LogP contribution in [0.25, 0.3) is 33.6 Å². The molecule has 0 spiro atoms. The highest BCUT2D eigenvalue weighted by molar-refractivity contribution is 5.95. The summed E-state index contributed by atoms with van der Waals surface area (Å²) in [6, 6.07) is 5.97. The monoisotopic (exact) mass is 451 g/mol. The average molecular weight is 452 g/mol. The van der Waals surface area contributed by atoms with Crippen LogP contribution in [0.3, 0.4) is 0 Å². The second kappa shape index (κ2) is 8.87. The van der Waals surface area contributed by atoms with Crippen molar-refractivity contribution in [3.05, 3.63) is 24.0 Å². The number of benzene rings is 1. The Labute approximate surface area is 191 Å². The van der Waals surface area contributed by atoms with Gasteiger partial charge in [0, 0.05) is 32.8 Å². The first-order valence-electron chi connectivity index (χ1n) is 11.1. The van der Waals surface area contributed by atoms with E-state index < -0.39 is 0 Å². The predicted molar refractivity (Wildman–Crippen MR) is 127 cm³/mol. The minimum Gasteiger partial charge on any atom is -0.494 e. The number of rotatable bonds is 7. The fourth-order valence-corrected chi connectivity index (χ4v) is 4.20. The van der Waals surface area contributed by atoms with Gasteiger partial charge in [-0.3, -0.25) is 0 Å². The maximum Gasteiger partial charge on any atom is 0.180 e. The maximum absolute atomic E-state index is 5.79. The molecule has 1 fully saturated rings. The summed E-state index contributed by atoms with van der Waals surface area (Å²) in [5.41, 5.74) is 3.75. The quantitative estimate of drug-likeness (QED) is 0.442. The Kier molecular flexibility index (Phi) is 5.77. The van der Waals surface area contributed by atoms with E-state index in [1.54, 1.807) is 14.2 Å². The van der Waals surface area contributed by atoms with Gasteiger partial charge in [-0.1, -0.05) is 0 Å². The first-order chi connectivity index (χ1) is 16.1. The molecule has 0 saturated carbocycles. The Morgan fingerprint density at radius 3 is 2.55 bits per heavy atom. The average Bonchev–Trinajstić information content (AvgIpc) is 3.45. The van der Waals surface area contributed by atoms with Crippen molar-refractivity contribution < 1.29 is 14.2 Å². The van der Waals surface area contributed by atoms with E-state index in [-0.39, 0.29) is 0 Å². The lowest BCUT2D eigenvalue weighted by atomic mass is 10.1. The molecule has 10 nitrogen and oxygen atoms in total. The number of imidazole rings is 2. The minimum absolute atomic E-state index is 0.385.